The normalized spacial score (nSPS) is 18.5. The standard InChI is InChI=1S/C40H59N3O4/c1-6-7-8-9-14-31(37(44)39(2,3)41-23-27-46-28-24-41)19-20-32(38(45)40(4,5)42-25-29-47-30-26-42)21-22-43-35-17-12-10-15-33(35)34-16-11-13-18-36(34)43/h10-13,15-18,31-32H,6-9,14,19-30H2,1-5H3. The largest absolute Gasteiger partial charge is 0.379 e. The van der Waals surface area contributed by atoms with Crippen molar-refractivity contribution in [3.63, 3.8) is 0 Å². The summed E-state index contributed by atoms with van der Waals surface area (Å²) in [5, 5.41) is 2.51. The van der Waals surface area contributed by atoms with E-state index in [9.17, 15) is 9.59 Å². The number of aromatic nitrogens is 1. The number of carbonyl (C=O) groups excluding carboxylic acids is 2. The molecule has 2 aromatic carbocycles. The van der Waals surface area contributed by atoms with E-state index in [2.05, 4.69) is 97.5 Å². The van der Waals surface area contributed by atoms with Gasteiger partial charge in [0, 0.05) is 66.4 Å². The van der Waals surface area contributed by atoms with Crippen LogP contribution in [0.3, 0.4) is 0 Å². The molecular formula is C40H59N3O4. The number of nitrogens with zero attached hydrogens (tertiary/aromatic N) is 3. The number of rotatable bonds is 17. The second-order valence-corrected chi connectivity index (χ2v) is 14.8. The van der Waals surface area contributed by atoms with Crippen molar-refractivity contribution in [3.8, 4) is 0 Å². The predicted octanol–water partition coefficient (Wildman–Crippen LogP) is 7.53. The summed E-state index contributed by atoms with van der Waals surface area (Å²) in [6, 6.07) is 17.2. The Labute approximate surface area is 282 Å². The van der Waals surface area contributed by atoms with E-state index in [-0.39, 0.29) is 11.8 Å². The molecule has 0 N–H and O–H groups in total. The number of hydrogen-bond donors (Lipinski definition) is 0. The molecule has 0 bridgehead atoms. The first-order chi connectivity index (χ1) is 22.7. The number of ether oxygens (including phenoxy) is 2. The van der Waals surface area contributed by atoms with Gasteiger partial charge in [-0.3, -0.25) is 19.4 Å². The summed E-state index contributed by atoms with van der Waals surface area (Å²) in [5.74, 6) is 0.423. The van der Waals surface area contributed by atoms with Crippen LogP contribution in [0.25, 0.3) is 21.8 Å². The van der Waals surface area contributed by atoms with Crippen molar-refractivity contribution in [2.24, 2.45) is 11.8 Å². The van der Waals surface area contributed by atoms with Gasteiger partial charge in [0.25, 0.3) is 0 Å². The van der Waals surface area contributed by atoms with Gasteiger partial charge in [-0.2, -0.15) is 0 Å². The third-order valence-electron chi connectivity index (χ3n) is 11.2. The lowest BCUT2D eigenvalue weighted by atomic mass is 9.77. The number of aryl methyl sites for hydroxylation is 1. The molecule has 2 unspecified atom stereocenters. The van der Waals surface area contributed by atoms with Gasteiger partial charge in [-0.25, -0.2) is 0 Å². The van der Waals surface area contributed by atoms with Gasteiger partial charge in [0.05, 0.1) is 37.5 Å². The van der Waals surface area contributed by atoms with Crippen molar-refractivity contribution in [1.82, 2.24) is 14.4 Å². The van der Waals surface area contributed by atoms with Crippen LogP contribution < -0.4 is 0 Å². The van der Waals surface area contributed by atoms with E-state index in [1.807, 2.05) is 0 Å². The fourth-order valence-electron chi connectivity index (χ4n) is 8.12. The zero-order chi connectivity index (χ0) is 33.4. The number of Topliss-reactive ketones (excluding diaryl/α,β-unsaturated/α-hetero) is 2. The molecule has 3 aromatic rings. The third kappa shape index (κ3) is 8.18. The topological polar surface area (TPSA) is 64.0 Å². The van der Waals surface area contributed by atoms with Crippen LogP contribution in [-0.4, -0.2) is 89.6 Å². The first kappa shape index (κ1) is 35.7. The summed E-state index contributed by atoms with van der Waals surface area (Å²) >= 11 is 0. The molecule has 2 atom stereocenters. The van der Waals surface area contributed by atoms with Gasteiger partial charge in [-0.1, -0.05) is 69.0 Å². The summed E-state index contributed by atoms with van der Waals surface area (Å²) in [6.07, 6.45) is 7.71. The van der Waals surface area contributed by atoms with Crippen molar-refractivity contribution in [2.45, 2.75) is 104 Å². The van der Waals surface area contributed by atoms with Gasteiger partial charge < -0.3 is 14.0 Å². The Morgan fingerprint density at radius 1 is 0.638 bits per heavy atom. The van der Waals surface area contributed by atoms with Crippen molar-refractivity contribution in [2.75, 3.05) is 52.6 Å². The van der Waals surface area contributed by atoms with Crippen LogP contribution in [0.15, 0.2) is 48.5 Å². The minimum Gasteiger partial charge on any atom is -0.379 e. The van der Waals surface area contributed by atoms with Gasteiger partial charge in [-0.05, 0) is 65.5 Å². The number of para-hydroxylation sites is 2. The molecule has 0 radical (unpaired) electrons. The number of unbranched alkanes of at least 4 members (excludes halogenated alkanes) is 3. The molecule has 2 aliphatic heterocycles. The molecule has 2 saturated heterocycles. The fraction of sp³-hybridized carbons (Fsp3) is 0.650. The lowest BCUT2D eigenvalue weighted by Gasteiger charge is -2.42. The smallest absolute Gasteiger partial charge is 0.155 e. The Morgan fingerprint density at radius 3 is 1.55 bits per heavy atom. The average molecular weight is 646 g/mol. The van der Waals surface area contributed by atoms with Crippen molar-refractivity contribution in [1.29, 1.82) is 0 Å². The highest BCUT2D eigenvalue weighted by Gasteiger charge is 2.42. The molecular weight excluding hydrogens is 586 g/mol. The first-order valence-corrected chi connectivity index (χ1v) is 18.4. The third-order valence-corrected chi connectivity index (χ3v) is 11.2. The molecule has 2 aliphatic rings. The van der Waals surface area contributed by atoms with E-state index >= 15 is 0 Å². The highest BCUT2D eigenvalue weighted by atomic mass is 16.5. The van der Waals surface area contributed by atoms with Gasteiger partial charge in [0.1, 0.15) is 0 Å². The number of carbonyl (C=O) groups is 2. The Kier molecular flexibility index (Phi) is 12.3. The highest BCUT2D eigenvalue weighted by molar-refractivity contribution is 6.08. The second kappa shape index (κ2) is 16.2. The minimum atomic E-state index is -0.594. The summed E-state index contributed by atoms with van der Waals surface area (Å²) < 4.78 is 13.7. The highest BCUT2D eigenvalue weighted by Crippen LogP contribution is 2.34. The minimum absolute atomic E-state index is 0.0558. The number of morpholine rings is 2. The SMILES string of the molecule is CCCCCCC(CCC(CCn1c2ccccc2c2ccccc21)C(=O)C(C)(C)N1CCOCC1)C(=O)C(C)(C)N1CCOCC1. The van der Waals surface area contributed by atoms with Gasteiger partial charge in [0.15, 0.2) is 11.6 Å². The van der Waals surface area contributed by atoms with E-state index < -0.39 is 11.1 Å². The van der Waals surface area contributed by atoms with E-state index in [0.717, 1.165) is 71.2 Å². The number of fused-ring (bicyclic) bond motifs is 3. The quantitative estimate of drug-likeness (QED) is 0.142. The zero-order valence-electron chi connectivity index (χ0n) is 29.8. The predicted molar refractivity (Wildman–Crippen MR) is 192 cm³/mol. The van der Waals surface area contributed by atoms with E-state index in [1.54, 1.807) is 0 Å². The molecule has 3 heterocycles. The number of hydrogen-bond acceptors (Lipinski definition) is 6. The molecule has 47 heavy (non-hydrogen) atoms. The fourth-order valence-corrected chi connectivity index (χ4v) is 8.12. The molecule has 5 rings (SSSR count). The lowest BCUT2D eigenvalue weighted by Crippen LogP contribution is -2.56. The summed E-state index contributed by atoms with van der Waals surface area (Å²) in [6.45, 7) is 17.2. The maximum absolute atomic E-state index is 14.7. The molecule has 1 aromatic heterocycles. The van der Waals surface area contributed by atoms with Crippen LogP contribution in [0.2, 0.25) is 0 Å². The van der Waals surface area contributed by atoms with Crippen LogP contribution >= 0.6 is 0 Å². The molecule has 7 heteroatoms. The molecule has 0 saturated carbocycles. The summed E-state index contributed by atoms with van der Waals surface area (Å²) in [7, 11) is 0. The molecule has 0 spiro atoms. The van der Waals surface area contributed by atoms with E-state index in [0.29, 0.717) is 38.0 Å². The van der Waals surface area contributed by atoms with E-state index in [1.165, 1.54) is 34.6 Å². The lowest BCUT2D eigenvalue weighted by molar-refractivity contribution is -0.139. The Bertz CT molecular complexity index is 1410. The van der Waals surface area contributed by atoms with Crippen LogP contribution in [0.5, 0.6) is 0 Å². The Hall–Kier alpha value is -2.58. The molecule has 7 nitrogen and oxygen atoms in total. The average Bonchev–Trinajstić information content (AvgIpc) is 3.42. The maximum atomic E-state index is 14.7. The number of benzene rings is 2. The maximum Gasteiger partial charge on any atom is 0.155 e. The molecule has 2 fully saturated rings. The number of ketones is 2. The Morgan fingerprint density at radius 2 is 1.09 bits per heavy atom. The summed E-state index contributed by atoms with van der Waals surface area (Å²) in [4.78, 5) is 33.7. The van der Waals surface area contributed by atoms with Crippen LogP contribution in [0.4, 0.5) is 0 Å². The zero-order valence-corrected chi connectivity index (χ0v) is 29.8. The Balaban J connectivity index is 1.40. The first-order valence-electron chi connectivity index (χ1n) is 18.4. The van der Waals surface area contributed by atoms with Crippen molar-refractivity contribution < 1.29 is 19.1 Å². The van der Waals surface area contributed by atoms with Crippen LogP contribution in [-0.2, 0) is 25.6 Å². The molecule has 0 amide bonds. The summed E-state index contributed by atoms with van der Waals surface area (Å²) in [5.41, 5.74) is 1.28. The van der Waals surface area contributed by atoms with Gasteiger partial charge >= 0.3 is 0 Å². The van der Waals surface area contributed by atoms with Gasteiger partial charge in [-0.15, -0.1) is 0 Å². The molecule has 0 aliphatic carbocycles. The van der Waals surface area contributed by atoms with Crippen LogP contribution in [0.1, 0.15) is 86.0 Å². The monoisotopic (exact) mass is 645 g/mol. The van der Waals surface area contributed by atoms with Crippen molar-refractivity contribution in [3.05, 3.63) is 48.5 Å². The van der Waals surface area contributed by atoms with E-state index in [4.69, 9.17) is 9.47 Å². The molecule has 258 valence electrons. The van der Waals surface area contributed by atoms with Crippen LogP contribution in [0, 0.1) is 11.8 Å². The second-order valence-electron chi connectivity index (χ2n) is 14.8. The van der Waals surface area contributed by atoms with Crippen molar-refractivity contribution >= 4 is 33.4 Å². The van der Waals surface area contributed by atoms with Gasteiger partial charge in [0.2, 0.25) is 0 Å².